The van der Waals surface area contributed by atoms with Crippen LogP contribution in [0.3, 0.4) is 0 Å². The third kappa shape index (κ3) is 3.10. The lowest BCUT2D eigenvalue weighted by atomic mass is 10.0. The van der Waals surface area contributed by atoms with E-state index in [0.717, 1.165) is 10.9 Å². The molecule has 2 aromatic rings. The molecule has 18 heavy (non-hydrogen) atoms. The van der Waals surface area contributed by atoms with Crippen LogP contribution in [0.5, 0.6) is 0 Å². The Labute approximate surface area is 108 Å². The fourth-order valence-electron chi connectivity index (χ4n) is 1.89. The summed E-state index contributed by atoms with van der Waals surface area (Å²) in [5.41, 5.74) is 0.936. The number of nitrogens with one attached hydrogen (secondary N) is 1. The highest BCUT2D eigenvalue weighted by Crippen LogP contribution is 2.19. The Morgan fingerprint density at radius 2 is 1.94 bits per heavy atom. The van der Waals surface area contributed by atoms with Crippen molar-refractivity contribution < 1.29 is 5.11 Å². The summed E-state index contributed by atoms with van der Waals surface area (Å²) in [5.74, 6) is 5.72. The highest BCUT2D eigenvalue weighted by molar-refractivity contribution is 5.83. The Morgan fingerprint density at radius 1 is 1.17 bits per heavy atom. The van der Waals surface area contributed by atoms with Gasteiger partial charge in [0.05, 0.1) is 12.6 Å². The van der Waals surface area contributed by atoms with Gasteiger partial charge in [-0.3, -0.25) is 0 Å². The van der Waals surface area contributed by atoms with E-state index in [0.29, 0.717) is 13.1 Å². The molecule has 1 atom stereocenters. The molecule has 0 aromatic heterocycles. The molecule has 2 aromatic carbocycles. The molecule has 0 aliphatic carbocycles. The van der Waals surface area contributed by atoms with Crippen molar-refractivity contribution in [3.63, 3.8) is 0 Å². The van der Waals surface area contributed by atoms with Gasteiger partial charge in [0.2, 0.25) is 0 Å². The van der Waals surface area contributed by atoms with Gasteiger partial charge in [-0.1, -0.05) is 42.3 Å². The number of aliphatic hydroxyl groups is 1. The molecule has 0 bridgehead atoms. The zero-order valence-electron chi connectivity index (χ0n) is 10.5. The number of hydrogen-bond acceptors (Lipinski definition) is 2. The maximum absolute atomic E-state index is 10.1. The van der Waals surface area contributed by atoms with E-state index in [9.17, 15) is 5.11 Å². The molecule has 1 unspecified atom stereocenters. The Hall–Kier alpha value is -1.82. The molecule has 0 spiro atoms. The second-order valence-corrected chi connectivity index (χ2v) is 4.18. The first-order valence-corrected chi connectivity index (χ1v) is 6.08. The normalized spacial score (nSPS) is 11.9. The van der Waals surface area contributed by atoms with Gasteiger partial charge < -0.3 is 10.4 Å². The maximum Gasteiger partial charge on any atom is 0.0914 e. The fourth-order valence-corrected chi connectivity index (χ4v) is 1.89. The highest BCUT2D eigenvalue weighted by Gasteiger charge is 2.06. The zero-order chi connectivity index (χ0) is 12.8. The first kappa shape index (κ1) is 12.6. The van der Waals surface area contributed by atoms with Crippen LogP contribution < -0.4 is 5.32 Å². The highest BCUT2D eigenvalue weighted by atomic mass is 16.3. The molecule has 0 fully saturated rings. The Bertz CT molecular complexity index is 580. The molecule has 2 heteroatoms. The average Bonchev–Trinajstić information content (AvgIpc) is 2.43. The van der Waals surface area contributed by atoms with Crippen LogP contribution >= 0.6 is 0 Å². The summed E-state index contributed by atoms with van der Waals surface area (Å²) >= 11 is 0. The van der Waals surface area contributed by atoms with Gasteiger partial charge in [-0.05, 0) is 29.3 Å². The quantitative estimate of drug-likeness (QED) is 0.634. The van der Waals surface area contributed by atoms with E-state index in [2.05, 4.69) is 29.3 Å². The first-order chi connectivity index (χ1) is 8.81. The van der Waals surface area contributed by atoms with Gasteiger partial charge in [-0.15, -0.1) is 5.92 Å². The summed E-state index contributed by atoms with van der Waals surface area (Å²) in [5, 5.41) is 15.5. The van der Waals surface area contributed by atoms with Crippen LogP contribution in [0, 0.1) is 11.8 Å². The molecule has 0 amide bonds. The lowest BCUT2D eigenvalue weighted by Crippen LogP contribution is -2.21. The van der Waals surface area contributed by atoms with Crippen LogP contribution in [0.15, 0.2) is 42.5 Å². The monoisotopic (exact) mass is 239 g/mol. The predicted molar refractivity (Wildman–Crippen MR) is 75.2 cm³/mol. The average molecular weight is 239 g/mol. The third-order valence-corrected chi connectivity index (χ3v) is 2.89. The topological polar surface area (TPSA) is 32.3 Å². The SMILES string of the molecule is CC#CCNCC(O)c1ccc2ccccc2c1. The molecule has 2 rings (SSSR count). The van der Waals surface area contributed by atoms with Gasteiger partial charge in [0.25, 0.3) is 0 Å². The summed E-state index contributed by atoms with van der Waals surface area (Å²) in [6.45, 7) is 2.94. The minimum absolute atomic E-state index is 0.492. The van der Waals surface area contributed by atoms with Crippen LogP contribution in [0.4, 0.5) is 0 Å². The minimum atomic E-state index is -0.492. The predicted octanol–water partition coefficient (Wildman–Crippen LogP) is 2.49. The fraction of sp³-hybridized carbons (Fsp3) is 0.250. The van der Waals surface area contributed by atoms with Crippen LogP contribution in [-0.4, -0.2) is 18.2 Å². The number of hydrogen-bond donors (Lipinski definition) is 2. The number of fused-ring (bicyclic) bond motifs is 1. The number of aliphatic hydroxyl groups excluding tert-OH is 1. The van der Waals surface area contributed by atoms with Gasteiger partial charge in [-0.2, -0.15) is 0 Å². The van der Waals surface area contributed by atoms with Crippen molar-refractivity contribution >= 4 is 10.8 Å². The molecule has 0 aliphatic heterocycles. The Kier molecular flexibility index (Phi) is 4.35. The second kappa shape index (κ2) is 6.20. The van der Waals surface area contributed by atoms with Crippen molar-refractivity contribution in [1.82, 2.24) is 5.32 Å². The third-order valence-electron chi connectivity index (χ3n) is 2.89. The molecule has 0 heterocycles. The van der Waals surface area contributed by atoms with Crippen molar-refractivity contribution in [1.29, 1.82) is 0 Å². The molecular weight excluding hydrogens is 222 g/mol. The van der Waals surface area contributed by atoms with E-state index in [-0.39, 0.29) is 0 Å². The molecule has 0 saturated carbocycles. The van der Waals surface area contributed by atoms with Crippen molar-refractivity contribution in [2.24, 2.45) is 0 Å². The largest absolute Gasteiger partial charge is 0.387 e. The van der Waals surface area contributed by atoms with E-state index >= 15 is 0 Å². The molecule has 0 aliphatic rings. The molecule has 0 saturated heterocycles. The van der Waals surface area contributed by atoms with Crippen molar-refractivity contribution in [3.8, 4) is 11.8 Å². The maximum atomic E-state index is 10.1. The minimum Gasteiger partial charge on any atom is -0.387 e. The number of benzene rings is 2. The van der Waals surface area contributed by atoms with Gasteiger partial charge >= 0.3 is 0 Å². The van der Waals surface area contributed by atoms with Crippen LogP contribution in [0.2, 0.25) is 0 Å². The molecule has 2 nitrogen and oxygen atoms in total. The Morgan fingerprint density at radius 3 is 2.72 bits per heavy atom. The molecular formula is C16H17NO. The summed E-state index contributed by atoms with van der Waals surface area (Å²) in [4.78, 5) is 0. The molecule has 2 N–H and O–H groups in total. The van der Waals surface area contributed by atoms with Crippen molar-refractivity contribution in [3.05, 3.63) is 48.0 Å². The van der Waals surface area contributed by atoms with Crippen molar-refractivity contribution in [2.45, 2.75) is 13.0 Å². The van der Waals surface area contributed by atoms with Crippen molar-refractivity contribution in [2.75, 3.05) is 13.1 Å². The summed E-state index contributed by atoms with van der Waals surface area (Å²) in [7, 11) is 0. The van der Waals surface area contributed by atoms with Gasteiger partial charge in [-0.25, -0.2) is 0 Å². The lowest BCUT2D eigenvalue weighted by molar-refractivity contribution is 0.176. The summed E-state index contributed by atoms with van der Waals surface area (Å²) < 4.78 is 0. The van der Waals surface area contributed by atoms with E-state index in [1.807, 2.05) is 30.3 Å². The first-order valence-electron chi connectivity index (χ1n) is 6.08. The van der Waals surface area contributed by atoms with E-state index < -0.39 is 6.10 Å². The van der Waals surface area contributed by atoms with E-state index in [4.69, 9.17) is 0 Å². The van der Waals surface area contributed by atoms with E-state index in [1.165, 1.54) is 5.39 Å². The van der Waals surface area contributed by atoms with Gasteiger partial charge in [0.1, 0.15) is 0 Å². The summed E-state index contributed by atoms with van der Waals surface area (Å²) in [6.07, 6.45) is -0.492. The lowest BCUT2D eigenvalue weighted by Gasteiger charge is -2.11. The number of rotatable bonds is 4. The van der Waals surface area contributed by atoms with Crippen LogP contribution in [-0.2, 0) is 0 Å². The van der Waals surface area contributed by atoms with Gasteiger partial charge in [0.15, 0.2) is 0 Å². The van der Waals surface area contributed by atoms with E-state index in [1.54, 1.807) is 6.92 Å². The molecule has 92 valence electrons. The smallest absolute Gasteiger partial charge is 0.0914 e. The van der Waals surface area contributed by atoms with Crippen LogP contribution in [0.1, 0.15) is 18.6 Å². The standard InChI is InChI=1S/C16H17NO/c1-2-3-10-17-12-16(18)15-9-8-13-6-4-5-7-14(13)11-15/h4-9,11,16-18H,10,12H2,1H3. The zero-order valence-corrected chi connectivity index (χ0v) is 10.5. The van der Waals surface area contributed by atoms with Gasteiger partial charge in [0, 0.05) is 6.54 Å². The second-order valence-electron chi connectivity index (χ2n) is 4.18. The Balaban J connectivity index is 2.07. The molecule has 0 radical (unpaired) electrons. The summed E-state index contributed by atoms with van der Waals surface area (Å²) in [6, 6.07) is 14.2. The van der Waals surface area contributed by atoms with Crippen LogP contribution in [0.25, 0.3) is 10.8 Å².